The fraction of sp³-hybridized carbons (Fsp3) is 0.200. The largest absolute Gasteiger partial charge is 0.351 e. The lowest BCUT2D eigenvalue weighted by molar-refractivity contribution is 0.0694. The lowest BCUT2D eigenvalue weighted by Crippen LogP contribution is -2.35. The van der Waals surface area contributed by atoms with Crippen molar-refractivity contribution in [1.82, 2.24) is 25.0 Å². The average molecular weight is 356 g/mol. The van der Waals surface area contributed by atoms with Gasteiger partial charge in [-0.15, -0.1) is 0 Å². The predicted octanol–water partition coefficient (Wildman–Crippen LogP) is 1.37. The lowest BCUT2D eigenvalue weighted by atomic mass is 10.1. The molecule has 3 aromatic rings. The number of aromatic nitrogens is 4. The molecular formula is C15H12N6O3S. The molecule has 0 saturated carbocycles. The minimum atomic E-state index is -0.367. The van der Waals surface area contributed by atoms with E-state index in [4.69, 9.17) is 4.52 Å². The lowest BCUT2D eigenvalue weighted by Gasteiger charge is -2.24. The van der Waals surface area contributed by atoms with Gasteiger partial charge >= 0.3 is 0 Å². The molecular weight excluding hydrogens is 344 g/mol. The standard InChI is InChI=1S/C15H12N6O3S/c22-13(10-7-16-4-5-17-10)20-15-19-9-2-6-21(8-12(9)25-15)14(23)11-1-3-18-24-11/h1,3-5,7H,2,6,8H2,(H,19,20,22). The summed E-state index contributed by atoms with van der Waals surface area (Å²) in [5.74, 6) is -0.361. The van der Waals surface area contributed by atoms with Crippen molar-refractivity contribution in [3.8, 4) is 0 Å². The summed E-state index contributed by atoms with van der Waals surface area (Å²) >= 11 is 1.35. The fourth-order valence-electron chi connectivity index (χ4n) is 2.48. The summed E-state index contributed by atoms with van der Waals surface area (Å²) in [6.07, 6.45) is 6.40. The molecule has 1 aliphatic rings. The van der Waals surface area contributed by atoms with Crippen LogP contribution in [0.2, 0.25) is 0 Å². The van der Waals surface area contributed by atoms with Crippen LogP contribution in [0.15, 0.2) is 35.4 Å². The third-order valence-corrected chi connectivity index (χ3v) is 4.68. The minimum absolute atomic E-state index is 0.207. The van der Waals surface area contributed by atoms with Crippen LogP contribution >= 0.6 is 11.3 Å². The second kappa shape index (κ2) is 6.40. The van der Waals surface area contributed by atoms with Gasteiger partial charge in [0.2, 0.25) is 5.76 Å². The van der Waals surface area contributed by atoms with Crippen molar-refractivity contribution in [3.63, 3.8) is 0 Å². The fourth-order valence-corrected chi connectivity index (χ4v) is 3.50. The summed E-state index contributed by atoms with van der Waals surface area (Å²) < 4.78 is 4.92. The molecule has 4 rings (SSSR count). The summed E-state index contributed by atoms with van der Waals surface area (Å²) in [5.41, 5.74) is 1.11. The summed E-state index contributed by atoms with van der Waals surface area (Å²) in [4.78, 5) is 39.3. The predicted molar refractivity (Wildman–Crippen MR) is 87.0 cm³/mol. The topological polar surface area (TPSA) is 114 Å². The van der Waals surface area contributed by atoms with Crippen molar-refractivity contribution in [2.24, 2.45) is 0 Å². The van der Waals surface area contributed by atoms with E-state index >= 15 is 0 Å². The van der Waals surface area contributed by atoms with Crippen LogP contribution in [0.25, 0.3) is 0 Å². The van der Waals surface area contributed by atoms with Gasteiger partial charge in [-0.25, -0.2) is 9.97 Å². The van der Waals surface area contributed by atoms with Gasteiger partial charge in [-0.2, -0.15) is 0 Å². The van der Waals surface area contributed by atoms with Crippen molar-refractivity contribution in [1.29, 1.82) is 0 Å². The molecule has 0 fully saturated rings. The Bertz CT molecular complexity index is 909. The molecule has 10 heteroatoms. The maximum atomic E-state index is 12.3. The van der Waals surface area contributed by atoms with Gasteiger partial charge in [-0.3, -0.25) is 19.9 Å². The Labute approximate surface area is 145 Å². The van der Waals surface area contributed by atoms with E-state index in [-0.39, 0.29) is 23.3 Å². The van der Waals surface area contributed by atoms with Crippen LogP contribution in [0.4, 0.5) is 5.13 Å². The second-order valence-electron chi connectivity index (χ2n) is 5.29. The van der Waals surface area contributed by atoms with E-state index in [9.17, 15) is 9.59 Å². The molecule has 3 aromatic heterocycles. The molecule has 1 aliphatic heterocycles. The van der Waals surface area contributed by atoms with Gasteiger partial charge in [0.25, 0.3) is 11.8 Å². The second-order valence-corrected chi connectivity index (χ2v) is 6.37. The van der Waals surface area contributed by atoms with Crippen LogP contribution in [-0.4, -0.2) is 43.4 Å². The number of rotatable bonds is 3. The zero-order chi connectivity index (χ0) is 17.2. The Balaban J connectivity index is 1.47. The average Bonchev–Trinajstić information content (AvgIpc) is 3.30. The summed E-state index contributed by atoms with van der Waals surface area (Å²) in [6, 6.07) is 1.54. The smallest absolute Gasteiger partial charge is 0.292 e. The SMILES string of the molecule is O=C(Nc1nc2c(s1)CN(C(=O)c1ccno1)CC2)c1cnccn1. The first-order valence-corrected chi connectivity index (χ1v) is 8.28. The molecule has 1 N–H and O–H groups in total. The highest BCUT2D eigenvalue weighted by molar-refractivity contribution is 7.15. The van der Waals surface area contributed by atoms with Crippen LogP contribution < -0.4 is 5.32 Å². The number of nitrogens with zero attached hydrogens (tertiary/aromatic N) is 5. The number of hydrogen-bond acceptors (Lipinski definition) is 8. The summed E-state index contributed by atoms with van der Waals surface area (Å²) in [7, 11) is 0. The summed E-state index contributed by atoms with van der Waals surface area (Å²) in [5, 5.41) is 6.76. The highest BCUT2D eigenvalue weighted by atomic mass is 32.1. The molecule has 0 radical (unpaired) electrons. The first-order valence-electron chi connectivity index (χ1n) is 7.46. The van der Waals surface area contributed by atoms with E-state index < -0.39 is 0 Å². The third kappa shape index (κ3) is 3.11. The first kappa shape index (κ1) is 15.4. The molecule has 0 aliphatic carbocycles. The van der Waals surface area contributed by atoms with Crippen LogP contribution in [0.5, 0.6) is 0 Å². The van der Waals surface area contributed by atoms with Gasteiger partial charge in [0.15, 0.2) is 5.13 Å². The highest BCUT2D eigenvalue weighted by Gasteiger charge is 2.27. The van der Waals surface area contributed by atoms with Crippen molar-refractivity contribution in [2.75, 3.05) is 11.9 Å². The van der Waals surface area contributed by atoms with Crippen molar-refractivity contribution in [3.05, 3.63) is 52.9 Å². The maximum absolute atomic E-state index is 12.3. The molecule has 4 heterocycles. The number of nitrogens with one attached hydrogen (secondary N) is 1. The molecule has 126 valence electrons. The van der Waals surface area contributed by atoms with E-state index in [2.05, 4.69) is 25.4 Å². The quantitative estimate of drug-likeness (QED) is 0.754. The number of hydrogen-bond donors (Lipinski definition) is 1. The van der Waals surface area contributed by atoms with E-state index in [1.165, 1.54) is 42.2 Å². The molecule has 0 saturated heterocycles. The van der Waals surface area contributed by atoms with Gasteiger partial charge < -0.3 is 9.42 Å². The van der Waals surface area contributed by atoms with Gasteiger partial charge in [-0.1, -0.05) is 16.5 Å². The van der Waals surface area contributed by atoms with E-state index in [1.54, 1.807) is 4.90 Å². The Morgan fingerprint density at radius 2 is 2.20 bits per heavy atom. The number of carbonyl (C=O) groups excluding carboxylic acids is 2. The molecule has 0 atom stereocenters. The molecule has 9 nitrogen and oxygen atoms in total. The van der Waals surface area contributed by atoms with Gasteiger partial charge in [0, 0.05) is 36.3 Å². The van der Waals surface area contributed by atoms with Gasteiger partial charge in [-0.05, 0) is 0 Å². The number of fused-ring (bicyclic) bond motifs is 1. The highest BCUT2D eigenvalue weighted by Crippen LogP contribution is 2.29. The normalized spacial score (nSPS) is 13.4. The third-order valence-electron chi connectivity index (χ3n) is 3.68. The molecule has 2 amide bonds. The minimum Gasteiger partial charge on any atom is -0.351 e. The number of thiazole rings is 1. The van der Waals surface area contributed by atoms with Crippen LogP contribution in [-0.2, 0) is 13.0 Å². The van der Waals surface area contributed by atoms with Crippen molar-refractivity contribution < 1.29 is 14.1 Å². The van der Waals surface area contributed by atoms with Crippen LogP contribution in [0, 0.1) is 0 Å². The molecule has 0 bridgehead atoms. The van der Waals surface area contributed by atoms with Gasteiger partial charge in [0.1, 0.15) is 5.69 Å². The number of amides is 2. The Morgan fingerprint density at radius 3 is 2.96 bits per heavy atom. The monoisotopic (exact) mass is 356 g/mol. The van der Waals surface area contributed by atoms with E-state index in [0.717, 1.165) is 10.6 Å². The molecule has 25 heavy (non-hydrogen) atoms. The zero-order valence-electron chi connectivity index (χ0n) is 12.9. The van der Waals surface area contributed by atoms with Crippen molar-refractivity contribution in [2.45, 2.75) is 13.0 Å². The Hall–Kier alpha value is -3.14. The van der Waals surface area contributed by atoms with Crippen molar-refractivity contribution >= 4 is 28.3 Å². The van der Waals surface area contributed by atoms with E-state index in [1.807, 2.05) is 0 Å². The summed E-state index contributed by atoms with van der Waals surface area (Å²) in [6.45, 7) is 0.960. The van der Waals surface area contributed by atoms with Gasteiger partial charge in [0.05, 0.1) is 24.6 Å². The zero-order valence-corrected chi connectivity index (χ0v) is 13.7. The van der Waals surface area contributed by atoms with Crippen LogP contribution in [0.1, 0.15) is 31.6 Å². The van der Waals surface area contributed by atoms with E-state index in [0.29, 0.717) is 24.6 Å². The number of anilines is 1. The molecule has 0 spiro atoms. The number of carbonyl (C=O) groups is 2. The molecule has 0 unspecified atom stereocenters. The maximum Gasteiger partial charge on any atom is 0.292 e. The molecule has 0 aromatic carbocycles. The van der Waals surface area contributed by atoms with Crippen LogP contribution in [0.3, 0.4) is 0 Å². The Morgan fingerprint density at radius 1 is 1.28 bits per heavy atom. The Kier molecular flexibility index (Phi) is 3.94. The first-order chi connectivity index (χ1) is 12.2.